The number of hydrogen-bond donors (Lipinski definition) is 1. The fourth-order valence-corrected chi connectivity index (χ4v) is 2.37. The minimum absolute atomic E-state index is 0.645. The molecule has 0 amide bonds. The zero-order chi connectivity index (χ0) is 12.0. The van der Waals surface area contributed by atoms with Gasteiger partial charge >= 0.3 is 0 Å². The first kappa shape index (κ1) is 14.0. The molecular weight excluding hydrogens is 196 g/mol. The summed E-state index contributed by atoms with van der Waals surface area (Å²) in [5.74, 6) is 1.70. The Kier molecular flexibility index (Phi) is 6.37. The van der Waals surface area contributed by atoms with Crippen LogP contribution in [-0.4, -0.2) is 37.1 Å². The standard InChI is InChI=1S/C14H30N2/c1-5-14-7-6-9-16(11-14)10-8-15-13(4)12(2)3/h12-15H,5-11H2,1-4H3. The van der Waals surface area contributed by atoms with Crippen LogP contribution in [0.4, 0.5) is 0 Å². The summed E-state index contributed by atoms with van der Waals surface area (Å²) in [7, 11) is 0. The normalized spacial score (nSPS) is 24.9. The topological polar surface area (TPSA) is 15.3 Å². The SMILES string of the molecule is CCC1CCCN(CCNC(C)C(C)C)C1. The second-order valence-electron chi connectivity index (χ2n) is 5.70. The van der Waals surface area contributed by atoms with Crippen LogP contribution in [0.3, 0.4) is 0 Å². The summed E-state index contributed by atoms with van der Waals surface area (Å²) in [5, 5.41) is 3.62. The van der Waals surface area contributed by atoms with Crippen molar-refractivity contribution in [3.63, 3.8) is 0 Å². The van der Waals surface area contributed by atoms with E-state index in [1.807, 2.05) is 0 Å². The summed E-state index contributed by atoms with van der Waals surface area (Å²) in [6, 6.07) is 0.645. The number of nitrogens with one attached hydrogen (secondary N) is 1. The number of likely N-dealkylation sites (tertiary alicyclic amines) is 1. The lowest BCUT2D eigenvalue weighted by Crippen LogP contribution is -2.42. The minimum Gasteiger partial charge on any atom is -0.313 e. The van der Waals surface area contributed by atoms with Crippen molar-refractivity contribution in [1.82, 2.24) is 10.2 Å². The lowest BCUT2D eigenvalue weighted by Gasteiger charge is -2.32. The van der Waals surface area contributed by atoms with Crippen LogP contribution < -0.4 is 5.32 Å². The molecule has 16 heavy (non-hydrogen) atoms. The highest BCUT2D eigenvalue weighted by Gasteiger charge is 2.17. The second kappa shape index (κ2) is 7.29. The van der Waals surface area contributed by atoms with Crippen molar-refractivity contribution in [2.45, 2.75) is 53.0 Å². The highest BCUT2D eigenvalue weighted by atomic mass is 15.1. The monoisotopic (exact) mass is 226 g/mol. The second-order valence-corrected chi connectivity index (χ2v) is 5.70. The molecule has 2 unspecified atom stereocenters. The number of piperidine rings is 1. The number of nitrogens with zero attached hydrogens (tertiary/aromatic N) is 1. The van der Waals surface area contributed by atoms with Gasteiger partial charge in [-0.05, 0) is 38.1 Å². The van der Waals surface area contributed by atoms with Crippen molar-refractivity contribution in [1.29, 1.82) is 0 Å². The van der Waals surface area contributed by atoms with Gasteiger partial charge in [0.1, 0.15) is 0 Å². The molecule has 0 spiro atoms. The fraction of sp³-hybridized carbons (Fsp3) is 1.00. The summed E-state index contributed by atoms with van der Waals surface area (Å²) in [6.07, 6.45) is 4.20. The summed E-state index contributed by atoms with van der Waals surface area (Å²) in [5.41, 5.74) is 0. The quantitative estimate of drug-likeness (QED) is 0.749. The largest absolute Gasteiger partial charge is 0.313 e. The van der Waals surface area contributed by atoms with Crippen LogP contribution in [0.25, 0.3) is 0 Å². The highest BCUT2D eigenvalue weighted by Crippen LogP contribution is 2.18. The zero-order valence-corrected chi connectivity index (χ0v) is 11.6. The molecule has 0 aromatic rings. The van der Waals surface area contributed by atoms with Gasteiger partial charge in [0, 0.05) is 25.7 Å². The Balaban J connectivity index is 2.12. The number of rotatable bonds is 6. The van der Waals surface area contributed by atoms with E-state index in [4.69, 9.17) is 0 Å². The third-order valence-electron chi connectivity index (χ3n) is 4.07. The maximum atomic E-state index is 3.62. The van der Waals surface area contributed by atoms with Crippen LogP contribution in [-0.2, 0) is 0 Å². The van der Waals surface area contributed by atoms with Crippen LogP contribution in [0.2, 0.25) is 0 Å². The van der Waals surface area contributed by atoms with Crippen molar-refractivity contribution in [3.8, 4) is 0 Å². The van der Waals surface area contributed by atoms with Crippen molar-refractivity contribution < 1.29 is 0 Å². The molecule has 1 rings (SSSR count). The van der Waals surface area contributed by atoms with Gasteiger partial charge in [0.05, 0.1) is 0 Å². The zero-order valence-electron chi connectivity index (χ0n) is 11.6. The molecule has 2 heteroatoms. The number of hydrogen-bond acceptors (Lipinski definition) is 2. The summed E-state index contributed by atoms with van der Waals surface area (Å²) < 4.78 is 0. The first-order chi connectivity index (χ1) is 7.63. The molecule has 0 aromatic heterocycles. The maximum absolute atomic E-state index is 3.62. The first-order valence-corrected chi connectivity index (χ1v) is 7.09. The van der Waals surface area contributed by atoms with Crippen molar-refractivity contribution in [2.75, 3.05) is 26.2 Å². The van der Waals surface area contributed by atoms with E-state index in [2.05, 4.69) is 37.9 Å². The van der Waals surface area contributed by atoms with E-state index in [1.165, 1.54) is 38.9 Å². The molecule has 2 nitrogen and oxygen atoms in total. The van der Waals surface area contributed by atoms with Crippen LogP contribution in [0.15, 0.2) is 0 Å². The Labute approximate surface area is 102 Å². The average Bonchev–Trinajstić information content (AvgIpc) is 2.29. The van der Waals surface area contributed by atoms with Gasteiger partial charge in [0.2, 0.25) is 0 Å². The molecule has 1 aliphatic rings. The van der Waals surface area contributed by atoms with E-state index in [0.717, 1.165) is 18.4 Å². The first-order valence-electron chi connectivity index (χ1n) is 7.09. The third kappa shape index (κ3) is 4.84. The lowest BCUT2D eigenvalue weighted by molar-refractivity contribution is 0.170. The molecule has 0 saturated carbocycles. The van der Waals surface area contributed by atoms with E-state index < -0.39 is 0 Å². The lowest BCUT2D eigenvalue weighted by atomic mass is 9.96. The molecule has 1 saturated heterocycles. The van der Waals surface area contributed by atoms with Crippen LogP contribution in [0.5, 0.6) is 0 Å². The molecule has 0 aliphatic carbocycles. The molecule has 0 bridgehead atoms. The molecule has 1 aliphatic heterocycles. The van der Waals surface area contributed by atoms with E-state index in [1.54, 1.807) is 0 Å². The molecule has 0 radical (unpaired) electrons. The fourth-order valence-electron chi connectivity index (χ4n) is 2.37. The van der Waals surface area contributed by atoms with E-state index in [0.29, 0.717) is 6.04 Å². The van der Waals surface area contributed by atoms with Gasteiger partial charge in [-0.15, -0.1) is 0 Å². The molecule has 96 valence electrons. The average molecular weight is 226 g/mol. The van der Waals surface area contributed by atoms with E-state index in [9.17, 15) is 0 Å². The Hall–Kier alpha value is -0.0800. The minimum atomic E-state index is 0.645. The van der Waals surface area contributed by atoms with Crippen molar-refractivity contribution in [3.05, 3.63) is 0 Å². The smallest absolute Gasteiger partial charge is 0.0107 e. The highest BCUT2D eigenvalue weighted by molar-refractivity contribution is 4.73. The Morgan fingerprint density at radius 3 is 2.69 bits per heavy atom. The van der Waals surface area contributed by atoms with Gasteiger partial charge in [-0.1, -0.05) is 27.2 Å². The van der Waals surface area contributed by atoms with E-state index in [-0.39, 0.29) is 0 Å². The maximum Gasteiger partial charge on any atom is 0.0107 e. The Morgan fingerprint density at radius 2 is 2.06 bits per heavy atom. The summed E-state index contributed by atoms with van der Waals surface area (Å²) >= 11 is 0. The van der Waals surface area contributed by atoms with E-state index >= 15 is 0 Å². The summed E-state index contributed by atoms with van der Waals surface area (Å²) in [4.78, 5) is 2.64. The molecular formula is C14H30N2. The molecule has 1 fully saturated rings. The molecule has 1 heterocycles. The van der Waals surface area contributed by atoms with Crippen LogP contribution in [0.1, 0.15) is 47.0 Å². The van der Waals surface area contributed by atoms with Crippen molar-refractivity contribution in [2.24, 2.45) is 11.8 Å². The molecule has 0 aromatic carbocycles. The predicted molar refractivity (Wildman–Crippen MR) is 71.8 cm³/mol. The van der Waals surface area contributed by atoms with Gasteiger partial charge in [0.25, 0.3) is 0 Å². The summed E-state index contributed by atoms with van der Waals surface area (Å²) in [6.45, 7) is 14.2. The Morgan fingerprint density at radius 1 is 1.31 bits per heavy atom. The Bertz CT molecular complexity index is 180. The van der Waals surface area contributed by atoms with Crippen LogP contribution >= 0.6 is 0 Å². The van der Waals surface area contributed by atoms with Gasteiger partial charge in [-0.2, -0.15) is 0 Å². The predicted octanol–water partition coefficient (Wildman–Crippen LogP) is 2.74. The van der Waals surface area contributed by atoms with Gasteiger partial charge < -0.3 is 10.2 Å². The van der Waals surface area contributed by atoms with Crippen LogP contribution in [0, 0.1) is 11.8 Å². The van der Waals surface area contributed by atoms with Gasteiger partial charge in [-0.3, -0.25) is 0 Å². The molecule has 2 atom stereocenters. The van der Waals surface area contributed by atoms with Gasteiger partial charge in [-0.25, -0.2) is 0 Å². The molecule has 1 N–H and O–H groups in total. The van der Waals surface area contributed by atoms with Crippen molar-refractivity contribution >= 4 is 0 Å². The third-order valence-corrected chi connectivity index (χ3v) is 4.07. The van der Waals surface area contributed by atoms with Gasteiger partial charge in [0.15, 0.2) is 0 Å².